The molecule has 188 valence electrons. The number of benzene rings is 2. The first-order valence-electron chi connectivity index (χ1n) is 14.0. The lowest BCUT2D eigenvalue weighted by Crippen LogP contribution is -2.25. The lowest BCUT2D eigenvalue weighted by Gasteiger charge is -2.35. The highest BCUT2D eigenvalue weighted by Crippen LogP contribution is 2.47. The Morgan fingerprint density at radius 3 is 1.91 bits per heavy atom. The third-order valence-electron chi connectivity index (χ3n) is 8.38. The van der Waals surface area contributed by atoms with Crippen molar-refractivity contribution in [1.29, 1.82) is 5.26 Å². The van der Waals surface area contributed by atoms with Gasteiger partial charge in [0.1, 0.15) is 0 Å². The number of rotatable bonds is 10. The Morgan fingerprint density at radius 1 is 0.800 bits per heavy atom. The van der Waals surface area contributed by atoms with Crippen LogP contribution in [0, 0.1) is 22.7 Å². The summed E-state index contributed by atoms with van der Waals surface area (Å²) in [4.78, 5) is 0. The van der Waals surface area contributed by atoms with Gasteiger partial charge in [0.15, 0.2) is 0 Å². The molecule has 35 heavy (non-hydrogen) atoms. The van der Waals surface area contributed by atoms with Crippen molar-refractivity contribution in [1.82, 2.24) is 0 Å². The molecule has 1 nitrogen and oxygen atoms in total. The summed E-state index contributed by atoms with van der Waals surface area (Å²) in [7, 11) is 0. The van der Waals surface area contributed by atoms with Crippen molar-refractivity contribution in [3.8, 4) is 17.2 Å². The highest BCUT2D eigenvalue weighted by Gasteiger charge is 2.35. The topological polar surface area (TPSA) is 23.8 Å². The van der Waals surface area contributed by atoms with Gasteiger partial charge in [-0.05, 0) is 77.7 Å². The van der Waals surface area contributed by atoms with E-state index < -0.39 is 0 Å². The van der Waals surface area contributed by atoms with Crippen molar-refractivity contribution in [3.05, 3.63) is 59.7 Å². The van der Waals surface area contributed by atoms with Crippen LogP contribution in [0.15, 0.2) is 48.5 Å². The summed E-state index contributed by atoms with van der Waals surface area (Å²) >= 11 is 4.24. The van der Waals surface area contributed by atoms with E-state index in [1.807, 2.05) is 0 Å². The first kappa shape index (κ1) is 26.7. The monoisotopic (exact) mass is 505 g/mol. The molecular formula is C32H43NS2. The second kappa shape index (κ2) is 13.3. The summed E-state index contributed by atoms with van der Waals surface area (Å²) in [5, 5.41) is 9.94. The van der Waals surface area contributed by atoms with Gasteiger partial charge < -0.3 is 0 Å². The molecule has 1 heterocycles. The standard InChI is InChI=1S/C32H43NS2/c1-3-5-6-7-8-19-32(24-33)20-17-29(18-21-32)28-11-9-26(10-12-28)27-13-15-30(16-14-27)31-34-22-25(4-2)23-35-31/h9-16,25,29,31H,3-8,17-23H2,1-2H3. The van der Waals surface area contributed by atoms with Gasteiger partial charge in [-0.2, -0.15) is 5.26 Å². The predicted molar refractivity (Wildman–Crippen MR) is 156 cm³/mol. The number of nitrogens with zero attached hydrogens (tertiary/aromatic N) is 1. The fourth-order valence-corrected chi connectivity index (χ4v) is 9.05. The second-order valence-corrected chi connectivity index (χ2v) is 13.4. The number of unbranched alkanes of at least 4 members (excludes halogenated alkanes) is 4. The smallest absolute Gasteiger partial charge is 0.0751 e. The summed E-state index contributed by atoms with van der Waals surface area (Å²) < 4.78 is 0.595. The Bertz CT molecular complexity index is 927. The maximum absolute atomic E-state index is 9.94. The molecule has 0 aromatic heterocycles. The Labute approximate surface area is 222 Å². The average molecular weight is 506 g/mol. The molecule has 4 rings (SSSR count). The molecule has 0 unspecified atom stereocenters. The van der Waals surface area contributed by atoms with Crippen molar-refractivity contribution in [3.63, 3.8) is 0 Å². The highest BCUT2D eigenvalue weighted by molar-refractivity contribution is 8.16. The van der Waals surface area contributed by atoms with Crippen LogP contribution in [0.1, 0.15) is 106 Å². The first-order valence-corrected chi connectivity index (χ1v) is 16.1. The first-order chi connectivity index (χ1) is 17.2. The Kier molecular flexibility index (Phi) is 10.1. The normalized spacial score (nSPS) is 26.8. The van der Waals surface area contributed by atoms with Crippen LogP contribution in [0.25, 0.3) is 11.1 Å². The van der Waals surface area contributed by atoms with Crippen LogP contribution >= 0.6 is 23.5 Å². The molecular weight excluding hydrogens is 462 g/mol. The van der Waals surface area contributed by atoms with Gasteiger partial charge in [-0.1, -0.05) is 101 Å². The fraction of sp³-hybridized carbons (Fsp3) is 0.594. The van der Waals surface area contributed by atoms with Crippen molar-refractivity contribution in [2.24, 2.45) is 11.3 Å². The molecule has 0 bridgehead atoms. The zero-order valence-corrected chi connectivity index (χ0v) is 23.4. The lowest BCUT2D eigenvalue weighted by atomic mass is 9.67. The van der Waals surface area contributed by atoms with Crippen molar-refractivity contribution >= 4 is 23.5 Å². The molecule has 1 saturated heterocycles. The highest BCUT2D eigenvalue weighted by atomic mass is 32.2. The molecule has 0 atom stereocenters. The van der Waals surface area contributed by atoms with Gasteiger partial charge in [0.25, 0.3) is 0 Å². The molecule has 3 heteroatoms. The van der Waals surface area contributed by atoms with Gasteiger partial charge in [-0.25, -0.2) is 0 Å². The van der Waals surface area contributed by atoms with Crippen LogP contribution in [0.5, 0.6) is 0 Å². The van der Waals surface area contributed by atoms with Crippen LogP contribution in [-0.2, 0) is 0 Å². The second-order valence-electron chi connectivity index (χ2n) is 10.8. The van der Waals surface area contributed by atoms with Gasteiger partial charge >= 0.3 is 0 Å². The molecule has 2 aromatic rings. The molecule has 0 N–H and O–H groups in total. The van der Waals surface area contributed by atoms with E-state index >= 15 is 0 Å². The van der Waals surface area contributed by atoms with Gasteiger partial charge in [0, 0.05) is 0 Å². The number of hydrogen-bond donors (Lipinski definition) is 0. The number of hydrogen-bond acceptors (Lipinski definition) is 3. The van der Waals surface area contributed by atoms with E-state index in [2.05, 4.69) is 92.0 Å². The van der Waals surface area contributed by atoms with Crippen molar-refractivity contribution in [2.45, 2.75) is 95.0 Å². The Morgan fingerprint density at radius 2 is 1.37 bits per heavy atom. The average Bonchev–Trinajstić information content (AvgIpc) is 2.93. The SMILES string of the molecule is CCCCCCCC1(C#N)CCC(c2ccc(-c3ccc(C4SCC(CC)CS4)cc3)cc2)CC1. The van der Waals surface area contributed by atoms with Gasteiger partial charge in [0.2, 0.25) is 0 Å². The molecule has 1 aliphatic heterocycles. The maximum atomic E-state index is 9.94. The van der Waals surface area contributed by atoms with E-state index in [0.717, 1.165) is 38.0 Å². The molecule has 1 saturated carbocycles. The quantitative estimate of drug-likeness (QED) is 0.300. The van der Waals surface area contributed by atoms with E-state index in [0.29, 0.717) is 10.5 Å². The predicted octanol–water partition coefficient (Wildman–Crippen LogP) is 10.4. The van der Waals surface area contributed by atoms with Crippen LogP contribution in [-0.4, -0.2) is 11.5 Å². The molecule has 1 aliphatic carbocycles. The van der Waals surface area contributed by atoms with Gasteiger partial charge in [-0.3, -0.25) is 0 Å². The summed E-state index contributed by atoms with van der Waals surface area (Å²) in [5.41, 5.74) is 5.48. The van der Waals surface area contributed by atoms with E-state index in [-0.39, 0.29) is 5.41 Å². The molecule has 0 amide bonds. The van der Waals surface area contributed by atoms with Crippen molar-refractivity contribution in [2.75, 3.05) is 11.5 Å². The summed E-state index contributed by atoms with van der Waals surface area (Å²) in [6.07, 6.45) is 13.3. The Hall–Kier alpha value is -1.37. The van der Waals surface area contributed by atoms with E-state index in [4.69, 9.17) is 0 Å². The number of nitriles is 1. The van der Waals surface area contributed by atoms with E-state index in [1.54, 1.807) is 0 Å². The van der Waals surface area contributed by atoms with Crippen molar-refractivity contribution < 1.29 is 0 Å². The maximum Gasteiger partial charge on any atom is 0.0751 e. The zero-order valence-electron chi connectivity index (χ0n) is 21.8. The van der Waals surface area contributed by atoms with Crippen LogP contribution < -0.4 is 0 Å². The third kappa shape index (κ3) is 7.11. The minimum absolute atomic E-state index is 0.0588. The van der Waals surface area contributed by atoms with E-state index in [9.17, 15) is 5.26 Å². The molecule has 0 spiro atoms. The minimum atomic E-state index is -0.0588. The van der Waals surface area contributed by atoms with Gasteiger partial charge in [-0.15, -0.1) is 23.5 Å². The largest absolute Gasteiger partial charge is 0.198 e. The van der Waals surface area contributed by atoms with Gasteiger partial charge in [0.05, 0.1) is 16.1 Å². The molecule has 2 aromatic carbocycles. The lowest BCUT2D eigenvalue weighted by molar-refractivity contribution is 0.223. The zero-order chi connectivity index (χ0) is 24.5. The fourth-order valence-electron chi connectivity index (χ4n) is 5.74. The Balaban J connectivity index is 1.29. The molecule has 2 fully saturated rings. The minimum Gasteiger partial charge on any atom is -0.198 e. The van der Waals surface area contributed by atoms with Crippen LogP contribution in [0.2, 0.25) is 0 Å². The van der Waals surface area contributed by atoms with Crippen LogP contribution in [0.3, 0.4) is 0 Å². The summed E-state index contributed by atoms with van der Waals surface area (Å²) in [6.45, 7) is 4.58. The summed E-state index contributed by atoms with van der Waals surface area (Å²) in [6, 6.07) is 21.3. The number of thioether (sulfide) groups is 2. The molecule has 0 radical (unpaired) electrons. The van der Waals surface area contributed by atoms with E-state index in [1.165, 1.54) is 72.3 Å². The summed E-state index contributed by atoms with van der Waals surface area (Å²) in [5.74, 6) is 4.09. The third-order valence-corrected chi connectivity index (χ3v) is 11.7. The van der Waals surface area contributed by atoms with Crippen LogP contribution in [0.4, 0.5) is 0 Å². The molecule has 2 aliphatic rings.